The van der Waals surface area contributed by atoms with E-state index in [0.29, 0.717) is 5.92 Å². The molecule has 0 bridgehead atoms. The predicted molar refractivity (Wildman–Crippen MR) is 112 cm³/mol. The van der Waals surface area contributed by atoms with Gasteiger partial charge in [0.2, 0.25) is 0 Å². The third-order valence-electron chi connectivity index (χ3n) is 4.99. The topological polar surface area (TPSA) is 45.0 Å². The van der Waals surface area contributed by atoms with Gasteiger partial charge in [0.25, 0.3) is 0 Å². The molecular weight excluding hydrogens is 394 g/mol. The first-order chi connectivity index (χ1) is 12.5. The number of hydrogen-bond donors (Lipinski definition) is 1. The largest absolute Gasteiger partial charge is 0.383 e. The molecule has 1 aromatic heterocycles. The summed E-state index contributed by atoms with van der Waals surface area (Å²) in [6, 6.07) is 2.16. The second-order valence-electron chi connectivity index (χ2n) is 7.09. The summed E-state index contributed by atoms with van der Waals surface area (Å²) in [4.78, 5) is 9.63. The molecule has 1 aliphatic rings. The Bertz CT molecular complexity index is 566. The Balaban J connectivity index is 1.87. The number of likely N-dealkylation sites (tertiary alicyclic amines) is 1. The number of aliphatic imine (C=N–C) groups is 1. The first-order valence-corrected chi connectivity index (χ1v) is 10.3. The van der Waals surface area contributed by atoms with Gasteiger partial charge in [-0.05, 0) is 60.8 Å². The van der Waals surface area contributed by atoms with Crippen molar-refractivity contribution in [3.63, 3.8) is 0 Å². The maximum Gasteiger partial charge on any atom is 0.194 e. The third-order valence-corrected chi connectivity index (χ3v) is 5.42. The van der Waals surface area contributed by atoms with Crippen molar-refractivity contribution in [2.24, 2.45) is 18.0 Å². The number of nitrogens with zero attached hydrogens (tertiary/aromatic N) is 4. The molecule has 1 aliphatic heterocycles. The van der Waals surface area contributed by atoms with Gasteiger partial charge in [0, 0.05) is 57.2 Å². The second-order valence-corrected chi connectivity index (χ2v) is 8.00. The minimum atomic E-state index is 0.681. The number of nitrogens with one attached hydrogen (secondary N) is 1. The van der Waals surface area contributed by atoms with Gasteiger partial charge in [0.15, 0.2) is 5.96 Å². The summed E-state index contributed by atoms with van der Waals surface area (Å²) in [7, 11) is 5.96. The van der Waals surface area contributed by atoms with Gasteiger partial charge < -0.3 is 24.4 Å². The van der Waals surface area contributed by atoms with Crippen LogP contribution in [0.1, 0.15) is 25.5 Å². The van der Waals surface area contributed by atoms with Gasteiger partial charge in [0.1, 0.15) is 0 Å². The van der Waals surface area contributed by atoms with Crippen molar-refractivity contribution in [1.82, 2.24) is 19.7 Å². The molecule has 1 aromatic rings. The van der Waals surface area contributed by atoms with Gasteiger partial charge in [-0.2, -0.15) is 0 Å². The van der Waals surface area contributed by atoms with Gasteiger partial charge in [-0.1, -0.05) is 0 Å². The maximum absolute atomic E-state index is 5.18. The molecule has 0 unspecified atom stereocenters. The fourth-order valence-corrected chi connectivity index (χ4v) is 3.91. The summed E-state index contributed by atoms with van der Waals surface area (Å²) in [5, 5.41) is 3.43. The zero-order valence-electron chi connectivity index (χ0n) is 16.7. The van der Waals surface area contributed by atoms with E-state index in [1.54, 1.807) is 7.11 Å². The lowest BCUT2D eigenvalue weighted by molar-refractivity contribution is 0.121. The summed E-state index contributed by atoms with van der Waals surface area (Å²) in [5.74, 6) is 1.67. The summed E-state index contributed by atoms with van der Waals surface area (Å²) < 4.78 is 8.45. The van der Waals surface area contributed by atoms with E-state index in [0.717, 1.165) is 56.3 Å². The fraction of sp³-hybridized carbons (Fsp3) is 0.737. The molecule has 2 rings (SSSR count). The summed E-state index contributed by atoms with van der Waals surface area (Å²) in [6.07, 6.45) is 4.53. The molecule has 0 aliphatic carbocycles. The highest BCUT2D eigenvalue weighted by Gasteiger charge is 2.19. The Kier molecular flexibility index (Phi) is 8.95. The molecule has 0 saturated carbocycles. The van der Waals surface area contributed by atoms with Gasteiger partial charge >= 0.3 is 0 Å². The normalized spacial score (nSPS) is 16.9. The quantitative estimate of drug-likeness (QED) is 0.511. The van der Waals surface area contributed by atoms with Crippen LogP contribution in [0.3, 0.4) is 0 Å². The lowest BCUT2D eigenvalue weighted by Crippen LogP contribution is -2.40. The zero-order chi connectivity index (χ0) is 18.9. The molecule has 7 heteroatoms. The molecule has 0 spiro atoms. The molecule has 1 fully saturated rings. The van der Waals surface area contributed by atoms with Crippen LogP contribution in [0.5, 0.6) is 0 Å². The van der Waals surface area contributed by atoms with E-state index in [9.17, 15) is 0 Å². The monoisotopic (exact) mass is 427 g/mol. The molecule has 1 N–H and O–H groups in total. The molecular formula is C19H34BrN5O. The van der Waals surface area contributed by atoms with Crippen LogP contribution in [-0.4, -0.2) is 73.8 Å². The number of rotatable bonds is 8. The Labute approximate surface area is 166 Å². The van der Waals surface area contributed by atoms with Crippen molar-refractivity contribution < 1.29 is 4.74 Å². The Hall–Kier alpha value is -1.05. The maximum atomic E-state index is 5.18. The van der Waals surface area contributed by atoms with Gasteiger partial charge in [-0.3, -0.25) is 4.99 Å². The molecule has 2 heterocycles. The number of ether oxygens (including phenoxy) is 1. The molecule has 0 aromatic carbocycles. The number of aryl methyl sites for hydroxylation is 1. The van der Waals surface area contributed by atoms with Crippen LogP contribution in [0.25, 0.3) is 0 Å². The van der Waals surface area contributed by atoms with Crippen LogP contribution < -0.4 is 5.32 Å². The van der Waals surface area contributed by atoms with Crippen LogP contribution in [0.4, 0.5) is 0 Å². The molecule has 148 valence electrons. The van der Waals surface area contributed by atoms with Crippen molar-refractivity contribution in [2.45, 2.75) is 26.3 Å². The highest BCUT2D eigenvalue weighted by molar-refractivity contribution is 9.10. The van der Waals surface area contributed by atoms with Gasteiger partial charge in [-0.25, -0.2) is 0 Å². The molecule has 1 saturated heterocycles. The molecule has 0 radical (unpaired) electrons. The number of guanidine groups is 1. The average molecular weight is 428 g/mol. The smallest absolute Gasteiger partial charge is 0.194 e. The molecule has 26 heavy (non-hydrogen) atoms. The first kappa shape index (κ1) is 21.3. The Morgan fingerprint density at radius 3 is 2.73 bits per heavy atom. The number of halogens is 1. The van der Waals surface area contributed by atoms with Gasteiger partial charge in [-0.15, -0.1) is 0 Å². The van der Waals surface area contributed by atoms with Crippen molar-refractivity contribution in [3.05, 3.63) is 22.4 Å². The van der Waals surface area contributed by atoms with Crippen LogP contribution in [0.15, 0.2) is 21.7 Å². The zero-order valence-corrected chi connectivity index (χ0v) is 18.3. The summed E-state index contributed by atoms with van der Waals surface area (Å²) in [6.45, 7) is 8.94. The minimum absolute atomic E-state index is 0.681. The lowest BCUT2D eigenvalue weighted by atomic mass is 9.97. The first-order valence-electron chi connectivity index (χ1n) is 9.55. The highest BCUT2D eigenvalue weighted by Crippen LogP contribution is 2.18. The second kappa shape index (κ2) is 10.9. The van der Waals surface area contributed by atoms with Crippen molar-refractivity contribution in [1.29, 1.82) is 0 Å². The number of hydrogen-bond acceptors (Lipinski definition) is 3. The minimum Gasteiger partial charge on any atom is -0.383 e. The Morgan fingerprint density at radius 2 is 2.15 bits per heavy atom. The van der Waals surface area contributed by atoms with E-state index in [1.807, 2.05) is 0 Å². The van der Waals surface area contributed by atoms with Crippen LogP contribution >= 0.6 is 15.9 Å². The highest BCUT2D eigenvalue weighted by atomic mass is 79.9. The van der Waals surface area contributed by atoms with Crippen molar-refractivity contribution in [2.75, 3.05) is 53.5 Å². The lowest BCUT2D eigenvalue weighted by Gasteiger charge is -2.31. The van der Waals surface area contributed by atoms with E-state index >= 15 is 0 Å². The van der Waals surface area contributed by atoms with Crippen LogP contribution in [0.2, 0.25) is 0 Å². The molecule has 0 amide bonds. The van der Waals surface area contributed by atoms with E-state index in [-0.39, 0.29) is 0 Å². The molecule has 6 nitrogen and oxygen atoms in total. The fourth-order valence-electron chi connectivity index (χ4n) is 3.34. The van der Waals surface area contributed by atoms with Crippen LogP contribution in [0, 0.1) is 5.92 Å². The number of piperidine rings is 1. The molecule has 0 atom stereocenters. The predicted octanol–water partition coefficient (Wildman–Crippen LogP) is 2.54. The van der Waals surface area contributed by atoms with Crippen molar-refractivity contribution >= 4 is 21.9 Å². The standard InChI is InChI=1S/C19H34BrN5O/c1-5-21-19(24(3)15-18-12-17(20)14-23(18)2)22-13-16-6-8-25(9-7-16)10-11-26-4/h12,14,16H,5-11,13,15H2,1-4H3,(H,21,22). The number of methoxy groups -OCH3 is 1. The number of aromatic nitrogens is 1. The van der Waals surface area contributed by atoms with E-state index in [1.165, 1.54) is 18.5 Å². The van der Waals surface area contributed by atoms with E-state index in [4.69, 9.17) is 9.73 Å². The van der Waals surface area contributed by atoms with Crippen LogP contribution in [-0.2, 0) is 18.3 Å². The van der Waals surface area contributed by atoms with Gasteiger partial charge in [0.05, 0.1) is 13.2 Å². The summed E-state index contributed by atoms with van der Waals surface area (Å²) in [5.41, 5.74) is 1.26. The Morgan fingerprint density at radius 1 is 1.42 bits per heavy atom. The van der Waals surface area contributed by atoms with Crippen molar-refractivity contribution in [3.8, 4) is 0 Å². The third kappa shape index (κ3) is 6.59. The average Bonchev–Trinajstić information content (AvgIpc) is 2.94. The SMILES string of the molecule is CCNC(=NCC1CCN(CCOC)CC1)N(C)Cc1cc(Br)cn1C. The summed E-state index contributed by atoms with van der Waals surface area (Å²) >= 11 is 3.55. The van der Waals surface area contributed by atoms with E-state index in [2.05, 4.69) is 68.9 Å². The van der Waals surface area contributed by atoms with E-state index < -0.39 is 0 Å².